The van der Waals surface area contributed by atoms with Gasteiger partial charge in [0.1, 0.15) is 18.1 Å². The molecule has 0 atom stereocenters. The summed E-state index contributed by atoms with van der Waals surface area (Å²) in [6, 6.07) is 23.2. The lowest BCUT2D eigenvalue weighted by Crippen LogP contribution is -1.94. The fourth-order valence-corrected chi connectivity index (χ4v) is 2.30. The van der Waals surface area contributed by atoms with Crippen LogP contribution < -0.4 is 4.74 Å². The van der Waals surface area contributed by atoms with Crippen LogP contribution in [0.25, 0.3) is 0 Å². The Balaban J connectivity index is 1.64. The normalized spacial score (nSPS) is 10.9. The second kappa shape index (κ2) is 7.47. The first kappa shape index (κ1) is 15.8. The van der Waals surface area contributed by atoms with Gasteiger partial charge in [0.05, 0.1) is 5.69 Å². The summed E-state index contributed by atoms with van der Waals surface area (Å²) in [5.41, 5.74) is 3.49. The Hall–Kier alpha value is -3.07. The van der Waals surface area contributed by atoms with Crippen LogP contribution in [0, 0.1) is 6.92 Å². The quantitative estimate of drug-likeness (QED) is 0.671. The van der Waals surface area contributed by atoms with Crippen molar-refractivity contribution in [3.05, 3.63) is 89.5 Å². The largest absolute Gasteiger partial charge is 0.507 e. The summed E-state index contributed by atoms with van der Waals surface area (Å²) < 4.78 is 5.75. The van der Waals surface area contributed by atoms with E-state index < -0.39 is 0 Å². The van der Waals surface area contributed by atoms with Gasteiger partial charge in [0.15, 0.2) is 0 Å². The molecule has 3 aromatic rings. The highest BCUT2D eigenvalue weighted by molar-refractivity contribution is 5.85. The maximum absolute atomic E-state index is 9.99. The van der Waals surface area contributed by atoms with Crippen LogP contribution in [-0.2, 0) is 6.61 Å². The van der Waals surface area contributed by atoms with E-state index in [9.17, 15) is 5.11 Å². The number of ether oxygens (including phenoxy) is 1. The number of benzene rings is 3. The summed E-state index contributed by atoms with van der Waals surface area (Å²) in [4.78, 5) is 4.40. The molecule has 0 heterocycles. The van der Waals surface area contributed by atoms with Crippen LogP contribution in [0.4, 0.5) is 5.69 Å². The number of para-hydroxylation sites is 1. The molecule has 0 unspecified atom stereocenters. The number of nitrogens with zero attached hydrogens (tertiary/aromatic N) is 1. The zero-order valence-electron chi connectivity index (χ0n) is 13.5. The highest BCUT2D eigenvalue weighted by atomic mass is 16.5. The molecular weight excluding hydrogens is 298 g/mol. The number of hydrogen-bond acceptors (Lipinski definition) is 3. The Morgan fingerprint density at radius 1 is 0.917 bits per heavy atom. The van der Waals surface area contributed by atoms with Gasteiger partial charge in [-0.25, -0.2) is 0 Å². The molecule has 0 spiro atoms. The van der Waals surface area contributed by atoms with Gasteiger partial charge < -0.3 is 9.84 Å². The molecule has 0 aliphatic carbocycles. The van der Waals surface area contributed by atoms with Crippen LogP contribution >= 0.6 is 0 Å². The fourth-order valence-electron chi connectivity index (χ4n) is 2.30. The molecule has 0 aromatic heterocycles. The second-order valence-corrected chi connectivity index (χ2v) is 5.54. The molecule has 0 aliphatic heterocycles. The molecule has 0 aliphatic rings. The van der Waals surface area contributed by atoms with Crippen LogP contribution in [0.1, 0.15) is 16.7 Å². The van der Waals surface area contributed by atoms with E-state index in [4.69, 9.17) is 4.74 Å². The molecule has 24 heavy (non-hydrogen) atoms. The minimum atomic E-state index is 0.268. The predicted octanol–water partition coefficient (Wildman–Crippen LogP) is 5.03. The molecule has 1 N–H and O–H groups in total. The van der Waals surface area contributed by atoms with Crippen molar-refractivity contribution in [1.82, 2.24) is 0 Å². The molecule has 3 rings (SSSR count). The summed E-state index contributed by atoms with van der Waals surface area (Å²) >= 11 is 0. The average Bonchev–Trinajstić information content (AvgIpc) is 2.63. The lowest BCUT2D eigenvalue weighted by molar-refractivity contribution is 0.306. The Kier molecular flexibility index (Phi) is 4.92. The fraction of sp³-hybridized carbons (Fsp3) is 0.0952. The number of aryl methyl sites for hydroxylation is 1. The molecular formula is C21H19NO2. The molecule has 0 saturated carbocycles. The van der Waals surface area contributed by atoms with Crippen molar-refractivity contribution in [3.8, 4) is 11.5 Å². The lowest BCUT2D eigenvalue weighted by atomic mass is 10.1. The second-order valence-electron chi connectivity index (χ2n) is 5.54. The van der Waals surface area contributed by atoms with Crippen molar-refractivity contribution in [2.45, 2.75) is 13.5 Å². The standard InChI is InChI=1S/C21H19NO2/c1-16-6-5-9-18(21(16)23)14-22-19-10-12-20(13-11-19)24-15-17-7-3-2-4-8-17/h2-14,23H,15H2,1H3. The smallest absolute Gasteiger partial charge is 0.127 e. The molecule has 0 fully saturated rings. The molecule has 0 bridgehead atoms. The molecule has 0 amide bonds. The minimum Gasteiger partial charge on any atom is -0.507 e. The third kappa shape index (κ3) is 4.02. The topological polar surface area (TPSA) is 41.8 Å². The maximum atomic E-state index is 9.99. The number of hydrogen-bond donors (Lipinski definition) is 1. The van der Waals surface area contributed by atoms with Crippen molar-refractivity contribution in [2.24, 2.45) is 4.99 Å². The monoisotopic (exact) mass is 317 g/mol. The number of phenolic OH excluding ortho intramolecular Hbond substituents is 1. The van der Waals surface area contributed by atoms with Gasteiger partial charge in [-0.2, -0.15) is 0 Å². The van der Waals surface area contributed by atoms with Crippen LogP contribution in [0.5, 0.6) is 11.5 Å². The molecule has 3 heteroatoms. The average molecular weight is 317 g/mol. The molecule has 3 aromatic carbocycles. The number of phenols is 1. The Bertz CT molecular complexity index is 824. The van der Waals surface area contributed by atoms with Crippen LogP contribution in [-0.4, -0.2) is 11.3 Å². The third-order valence-corrected chi connectivity index (χ3v) is 3.71. The highest BCUT2D eigenvalue weighted by Gasteiger charge is 2.01. The van der Waals surface area contributed by atoms with E-state index in [2.05, 4.69) is 4.99 Å². The van der Waals surface area contributed by atoms with Gasteiger partial charge in [-0.3, -0.25) is 4.99 Å². The van der Waals surface area contributed by atoms with Crippen LogP contribution in [0.3, 0.4) is 0 Å². The first-order chi connectivity index (χ1) is 11.7. The summed E-state index contributed by atoms with van der Waals surface area (Å²) in [5.74, 6) is 1.07. The molecule has 120 valence electrons. The van der Waals surface area contributed by atoms with E-state index >= 15 is 0 Å². The van der Waals surface area contributed by atoms with Crippen molar-refractivity contribution >= 4 is 11.9 Å². The van der Waals surface area contributed by atoms with Crippen molar-refractivity contribution in [1.29, 1.82) is 0 Å². The van der Waals surface area contributed by atoms with E-state index in [0.717, 1.165) is 22.6 Å². The number of rotatable bonds is 5. The summed E-state index contributed by atoms with van der Waals surface area (Å²) in [5, 5.41) is 9.99. The van der Waals surface area contributed by atoms with Gasteiger partial charge in [0, 0.05) is 11.8 Å². The van der Waals surface area contributed by atoms with Crippen molar-refractivity contribution in [3.63, 3.8) is 0 Å². The van der Waals surface area contributed by atoms with Gasteiger partial charge in [0.25, 0.3) is 0 Å². The van der Waals surface area contributed by atoms with E-state index in [1.165, 1.54) is 0 Å². The highest BCUT2D eigenvalue weighted by Crippen LogP contribution is 2.22. The van der Waals surface area contributed by atoms with E-state index in [1.54, 1.807) is 6.21 Å². The van der Waals surface area contributed by atoms with Crippen molar-refractivity contribution in [2.75, 3.05) is 0 Å². The van der Waals surface area contributed by atoms with E-state index in [-0.39, 0.29) is 5.75 Å². The first-order valence-electron chi connectivity index (χ1n) is 7.82. The first-order valence-corrected chi connectivity index (χ1v) is 7.82. The zero-order chi connectivity index (χ0) is 16.8. The van der Waals surface area contributed by atoms with Crippen molar-refractivity contribution < 1.29 is 9.84 Å². The zero-order valence-corrected chi connectivity index (χ0v) is 13.5. The van der Waals surface area contributed by atoms with E-state index in [0.29, 0.717) is 12.2 Å². The van der Waals surface area contributed by atoms with Gasteiger partial charge >= 0.3 is 0 Å². The van der Waals surface area contributed by atoms with Gasteiger partial charge in [-0.05, 0) is 48.4 Å². The van der Waals surface area contributed by atoms with Gasteiger partial charge in [-0.1, -0.05) is 42.5 Å². The SMILES string of the molecule is Cc1cccc(C=Nc2ccc(OCc3ccccc3)cc2)c1O. The number of aromatic hydroxyl groups is 1. The van der Waals surface area contributed by atoms with E-state index in [1.807, 2.05) is 79.7 Å². The maximum Gasteiger partial charge on any atom is 0.127 e. The predicted molar refractivity (Wildman–Crippen MR) is 97.3 cm³/mol. The van der Waals surface area contributed by atoms with Gasteiger partial charge in [-0.15, -0.1) is 0 Å². The summed E-state index contributed by atoms with van der Waals surface area (Å²) in [6.45, 7) is 2.41. The lowest BCUT2D eigenvalue weighted by Gasteiger charge is -2.06. The van der Waals surface area contributed by atoms with Crippen LogP contribution in [0.2, 0.25) is 0 Å². The number of aliphatic imine (C=N–C) groups is 1. The minimum absolute atomic E-state index is 0.268. The summed E-state index contributed by atoms with van der Waals surface area (Å²) in [7, 11) is 0. The molecule has 0 radical (unpaired) electrons. The van der Waals surface area contributed by atoms with Crippen LogP contribution in [0.15, 0.2) is 77.8 Å². The Morgan fingerprint density at radius 2 is 1.67 bits per heavy atom. The Morgan fingerprint density at radius 3 is 2.42 bits per heavy atom. The molecule has 0 saturated heterocycles. The third-order valence-electron chi connectivity index (χ3n) is 3.71. The van der Waals surface area contributed by atoms with Gasteiger partial charge in [0.2, 0.25) is 0 Å². The molecule has 3 nitrogen and oxygen atoms in total. The Labute approximate surface area is 141 Å². The summed E-state index contributed by atoms with van der Waals surface area (Å²) in [6.07, 6.45) is 1.67.